The van der Waals surface area contributed by atoms with E-state index in [-0.39, 0.29) is 17.9 Å². The summed E-state index contributed by atoms with van der Waals surface area (Å²) in [6, 6.07) is 11.9. The van der Waals surface area contributed by atoms with Gasteiger partial charge in [-0.15, -0.1) is 0 Å². The van der Waals surface area contributed by atoms with Gasteiger partial charge in [0.05, 0.1) is 43.4 Å². The van der Waals surface area contributed by atoms with Crippen LogP contribution in [-0.4, -0.2) is 85.2 Å². The van der Waals surface area contributed by atoms with Crippen molar-refractivity contribution in [2.75, 3.05) is 52.3 Å². The molecule has 10 heteroatoms. The van der Waals surface area contributed by atoms with Crippen molar-refractivity contribution < 1.29 is 19.0 Å². The van der Waals surface area contributed by atoms with Crippen molar-refractivity contribution in [3.63, 3.8) is 0 Å². The molecule has 3 aromatic rings. The maximum Gasteiger partial charge on any atom is 0.410 e. The van der Waals surface area contributed by atoms with Gasteiger partial charge in [0.15, 0.2) is 0 Å². The maximum absolute atomic E-state index is 12.5. The van der Waals surface area contributed by atoms with Gasteiger partial charge in [0.2, 0.25) is 0 Å². The summed E-state index contributed by atoms with van der Waals surface area (Å²) in [6.45, 7) is 8.16. The molecule has 1 atom stereocenters. The number of likely N-dealkylation sites (N-methyl/N-ethyl adjacent to an activating group) is 1. The van der Waals surface area contributed by atoms with E-state index >= 15 is 0 Å². The molecule has 0 aliphatic carbocycles. The predicted octanol–water partition coefficient (Wildman–Crippen LogP) is 5.45. The number of fused-ring (bicyclic) bond motifs is 1. The fraction of sp³-hybridized carbons (Fsp3) is 0.455. The van der Waals surface area contributed by atoms with Gasteiger partial charge in [-0.2, -0.15) is 5.10 Å². The first-order valence-electron chi connectivity index (χ1n) is 14.6. The highest BCUT2D eigenvalue weighted by molar-refractivity contribution is 5.82. The Morgan fingerprint density at radius 3 is 2.37 bits per heavy atom. The van der Waals surface area contributed by atoms with Crippen molar-refractivity contribution in [2.45, 2.75) is 45.1 Å². The molecule has 0 spiro atoms. The number of rotatable bonds is 6. The lowest BCUT2D eigenvalue weighted by molar-refractivity contribution is 0.0199. The Labute approximate surface area is 253 Å². The number of hydrazone groups is 1. The molecule has 1 aromatic heterocycles. The number of likely N-dealkylation sites (tertiary alicyclic amines) is 1. The lowest BCUT2D eigenvalue weighted by atomic mass is 9.98. The maximum atomic E-state index is 12.5. The second-order valence-corrected chi connectivity index (χ2v) is 11.9. The van der Waals surface area contributed by atoms with Gasteiger partial charge >= 0.3 is 6.09 Å². The van der Waals surface area contributed by atoms with Crippen molar-refractivity contribution >= 4 is 34.7 Å². The zero-order valence-electron chi connectivity index (χ0n) is 25.8. The summed E-state index contributed by atoms with van der Waals surface area (Å²) in [4.78, 5) is 26.0. The molecule has 1 amide bonds. The number of benzene rings is 2. The van der Waals surface area contributed by atoms with Gasteiger partial charge in [-0.25, -0.2) is 9.78 Å². The Balaban J connectivity index is 1.39. The molecule has 3 heterocycles. The first-order valence-corrected chi connectivity index (χ1v) is 14.6. The summed E-state index contributed by atoms with van der Waals surface area (Å²) < 4.78 is 16.7. The summed E-state index contributed by atoms with van der Waals surface area (Å²) >= 11 is 0. The SMILES string of the molecule is COc1cc(OC)cc(N(CC#CC2CCN(C(=O)OC(C)(C)C)CC2)c2ccc3ncc(C4C=NN(C)C4)nc3c2)c1. The van der Waals surface area contributed by atoms with E-state index in [9.17, 15) is 4.79 Å². The summed E-state index contributed by atoms with van der Waals surface area (Å²) in [5.74, 6) is 8.57. The highest BCUT2D eigenvalue weighted by atomic mass is 16.6. The van der Waals surface area contributed by atoms with Crippen LogP contribution in [0.25, 0.3) is 11.0 Å². The molecule has 2 aliphatic heterocycles. The molecule has 1 unspecified atom stereocenters. The average molecular weight is 585 g/mol. The minimum atomic E-state index is -0.503. The number of anilines is 2. The van der Waals surface area contributed by atoms with Crippen LogP contribution in [0.4, 0.5) is 16.2 Å². The number of amides is 1. The standard InChI is InChI=1S/C33H40N6O4/c1-33(2,3)43-32(40)38-14-11-23(12-15-38)8-7-13-39(26-16-27(41-5)19-28(17-26)42-6)25-9-10-29-30(18-25)36-31(21-34-29)24-20-35-37(4)22-24/h9-10,16-21,23-24H,11-15,22H2,1-6H3. The zero-order chi connectivity index (χ0) is 30.6. The van der Waals surface area contributed by atoms with Crippen LogP contribution in [-0.2, 0) is 4.74 Å². The summed E-state index contributed by atoms with van der Waals surface area (Å²) in [6.07, 6.45) is 5.12. The van der Waals surface area contributed by atoms with E-state index in [1.165, 1.54) is 0 Å². The molecule has 0 N–H and O–H groups in total. The number of carbonyl (C=O) groups is 1. The summed E-state index contributed by atoms with van der Waals surface area (Å²) in [5.41, 5.74) is 3.84. The van der Waals surface area contributed by atoms with Crippen LogP contribution in [0, 0.1) is 17.8 Å². The first-order chi connectivity index (χ1) is 20.6. The molecule has 5 rings (SSSR count). The minimum absolute atomic E-state index is 0.108. The molecule has 1 fully saturated rings. The second-order valence-electron chi connectivity index (χ2n) is 11.9. The number of carbonyl (C=O) groups excluding carboxylic acids is 1. The van der Waals surface area contributed by atoms with Gasteiger partial charge in [-0.1, -0.05) is 11.8 Å². The van der Waals surface area contributed by atoms with E-state index in [0.29, 0.717) is 31.1 Å². The van der Waals surface area contributed by atoms with Crippen LogP contribution in [0.2, 0.25) is 0 Å². The number of ether oxygens (including phenoxy) is 3. The van der Waals surface area contributed by atoms with Crippen molar-refractivity contribution in [2.24, 2.45) is 11.0 Å². The Morgan fingerprint density at radius 2 is 1.74 bits per heavy atom. The van der Waals surface area contributed by atoms with Crippen LogP contribution in [0.15, 0.2) is 47.7 Å². The smallest absolute Gasteiger partial charge is 0.410 e. The third-order valence-corrected chi connectivity index (χ3v) is 7.48. The van der Waals surface area contributed by atoms with E-state index in [0.717, 1.165) is 47.5 Å². The summed E-state index contributed by atoms with van der Waals surface area (Å²) in [5, 5.41) is 6.27. The average Bonchev–Trinajstić information content (AvgIpc) is 3.44. The predicted molar refractivity (Wildman–Crippen MR) is 168 cm³/mol. The fourth-order valence-electron chi connectivity index (χ4n) is 5.19. The lowest BCUT2D eigenvalue weighted by Crippen LogP contribution is -2.41. The van der Waals surface area contributed by atoms with Crippen LogP contribution in [0.5, 0.6) is 11.5 Å². The van der Waals surface area contributed by atoms with Crippen LogP contribution >= 0.6 is 0 Å². The van der Waals surface area contributed by atoms with Gasteiger partial charge in [-0.3, -0.25) is 9.99 Å². The number of methoxy groups -OCH3 is 2. The van der Waals surface area contributed by atoms with E-state index in [2.05, 4.69) is 32.9 Å². The topological polar surface area (TPSA) is 92.6 Å². The quantitative estimate of drug-likeness (QED) is 0.353. The largest absolute Gasteiger partial charge is 0.497 e. The number of piperidine rings is 1. The van der Waals surface area contributed by atoms with Gasteiger partial charge in [0.1, 0.15) is 17.1 Å². The molecule has 1 saturated heterocycles. The number of aromatic nitrogens is 2. The Bertz CT molecular complexity index is 1530. The molecule has 10 nitrogen and oxygen atoms in total. The Kier molecular flexibility index (Phi) is 8.90. The van der Waals surface area contributed by atoms with E-state index in [1.807, 2.05) is 75.6 Å². The molecular formula is C33H40N6O4. The Hall–Kier alpha value is -4.52. The molecule has 0 saturated carbocycles. The lowest BCUT2D eigenvalue weighted by Gasteiger charge is -2.32. The fourth-order valence-corrected chi connectivity index (χ4v) is 5.19. The third-order valence-electron chi connectivity index (χ3n) is 7.48. The minimum Gasteiger partial charge on any atom is -0.497 e. The van der Waals surface area contributed by atoms with Crippen molar-refractivity contribution in [3.8, 4) is 23.3 Å². The van der Waals surface area contributed by atoms with Crippen molar-refractivity contribution in [3.05, 3.63) is 48.3 Å². The van der Waals surface area contributed by atoms with Crippen molar-refractivity contribution in [1.29, 1.82) is 0 Å². The van der Waals surface area contributed by atoms with Crippen LogP contribution in [0.1, 0.15) is 45.2 Å². The van der Waals surface area contributed by atoms with Crippen LogP contribution < -0.4 is 14.4 Å². The monoisotopic (exact) mass is 584 g/mol. The first kappa shape index (κ1) is 30.0. The summed E-state index contributed by atoms with van der Waals surface area (Å²) in [7, 11) is 5.24. The Morgan fingerprint density at radius 1 is 1.02 bits per heavy atom. The number of hydrogen-bond donors (Lipinski definition) is 0. The third kappa shape index (κ3) is 7.47. The molecule has 226 valence electrons. The van der Waals surface area contributed by atoms with E-state index in [1.54, 1.807) is 19.1 Å². The van der Waals surface area contributed by atoms with Crippen LogP contribution in [0.3, 0.4) is 0 Å². The highest BCUT2D eigenvalue weighted by Gasteiger charge is 2.26. The molecular weight excluding hydrogens is 544 g/mol. The van der Waals surface area contributed by atoms with Gasteiger partial charge in [0, 0.05) is 74.6 Å². The van der Waals surface area contributed by atoms with Crippen molar-refractivity contribution in [1.82, 2.24) is 19.9 Å². The molecule has 0 radical (unpaired) electrons. The molecule has 0 bridgehead atoms. The second kappa shape index (κ2) is 12.8. The highest BCUT2D eigenvalue weighted by Crippen LogP contribution is 2.34. The van der Waals surface area contributed by atoms with E-state index in [4.69, 9.17) is 19.2 Å². The molecule has 43 heavy (non-hydrogen) atoms. The van der Waals surface area contributed by atoms with Gasteiger partial charge in [0.25, 0.3) is 0 Å². The molecule has 2 aromatic carbocycles. The zero-order valence-corrected chi connectivity index (χ0v) is 25.8. The number of hydrogen-bond acceptors (Lipinski definition) is 9. The normalized spacial score (nSPS) is 17.0. The molecule has 2 aliphatic rings. The van der Waals surface area contributed by atoms with Gasteiger partial charge in [-0.05, 0) is 51.8 Å². The number of nitrogens with zero attached hydrogens (tertiary/aromatic N) is 6. The van der Waals surface area contributed by atoms with E-state index < -0.39 is 5.60 Å². The van der Waals surface area contributed by atoms with Gasteiger partial charge < -0.3 is 24.0 Å².